The number of aromatic nitrogens is 4. The van der Waals surface area contributed by atoms with Crippen molar-refractivity contribution < 1.29 is 9.53 Å². The van der Waals surface area contributed by atoms with Crippen LogP contribution in [0.2, 0.25) is 0 Å². The predicted molar refractivity (Wildman–Crippen MR) is 102 cm³/mol. The van der Waals surface area contributed by atoms with E-state index in [1.807, 2.05) is 54.5 Å². The van der Waals surface area contributed by atoms with Gasteiger partial charge >= 0.3 is 0 Å². The molecule has 1 amide bonds. The maximum atomic E-state index is 12.4. The zero-order chi connectivity index (χ0) is 18.8. The fraction of sp³-hybridized carbons (Fsp3) is 0.350. The summed E-state index contributed by atoms with van der Waals surface area (Å²) in [5.74, 6) is 0.149. The zero-order valence-corrected chi connectivity index (χ0v) is 15.6. The quantitative estimate of drug-likeness (QED) is 0.729. The highest BCUT2D eigenvalue weighted by atomic mass is 16.5. The van der Waals surface area contributed by atoms with E-state index in [-0.39, 0.29) is 11.9 Å². The topological polar surface area (TPSA) is 76.0 Å². The molecule has 140 valence electrons. The van der Waals surface area contributed by atoms with Crippen LogP contribution in [0.3, 0.4) is 0 Å². The number of amides is 1. The molecule has 1 saturated heterocycles. The van der Waals surface area contributed by atoms with Gasteiger partial charge in [0, 0.05) is 37.9 Å². The van der Waals surface area contributed by atoms with E-state index in [0.29, 0.717) is 26.1 Å². The van der Waals surface area contributed by atoms with E-state index in [1.54, 1.807) is 7.11 Å². The first-order chi connectivity index (χ1) is 13.2. The van der Waals surface area contributed by atoms with E-state index in [9.17, 15) is 4.79 Å². The van der Waals surface area contributed by atoms with Crippen molar-refractivity contribution in [1.82, 2.24) is 24.6 Å². The molecule has 3 aromatic rings. The van der Waals surface area contributed by atoms with E-state index in [0.717, 1.165) is 28.3 Å². The third-order valence-corrected chi connectivity index (χ3v) is 4.94. The molecule has 0 aliphatic carbocycles. The Balaban J connectivity index is 1.73. The lowest BCUT2D eigenvalue weighted by Gasteiger charge is -2.18. The number of aryl methyl sites for hydroxylation is 1. The lowest BCUT2D eigenvalue weighted by atomic mass is 10.1. The number of H-pyrrole nitrogens is 1. The van der Waals surface area contributed by atoms with Crippen LogP contribution in [0.5, 0.6) is 0 Å². The Kier molecular flexibility index (Phi) is 4.77. The van der Waals surface area contributed by atoms with Crippen molar-refractivity contribution in [1.29, 1.82) is 0 Å². The number of rotatable bonds is 6. The zero-order valence-electron chi connectivity index (χ0n) is 15.6. The Hall–Kier alpha value is -2.93. The maximum absolute atomic E-state index is 12.4. The summed E-state index contributed by atoms with van der Waals surface area (Å²) in [4.78, 5) is 18.9. The summed E-state index contributed by atoms with van der Waals surface area (Å²) in [6, 6.07) is 12.1. The smallest absolute Gasteiger partial charge is 0.224 e. The standard InChI is InChI=1S/C20H23N5O2/c1-14-10-17(23-22-14)20-19(15-6-4-3-5-7-15)21-13-25(20)16-11-18(26)24(12-16)8-9-27-2/h3-7,10,13,16H,8-9,11-12H2,1-2H3,(H,22,23)/t16-/m0/s1. The second-order valence-electron chi connectivity index (χ2n) is 6.84. The van der Waals surface area contributed by atoms with Gasteiger partial charge in [-0.2, -0.15) is 5.10 Å². The van der Waals surface area contributed by atoms with Gasteiger partial charge in [0.05, 0.1) is 30.4 Å². The number of hydrogen-bond donors (Lipinski definition) is 1. The molecule has 4 rings (SSSR count). The number of carbonyl (C=O) groups excluding carboxylic acids is 1. The minimum Gasteiger partial charge on any atom is -0.383 e. The van der Waals surface area contributed by atoms with Gasteiger partial charge in [0.1, 0.15) is 5.69 Å². The molecule has 0 radical (unpaired) electrons. The van der Waals surface area contributed by atoms with Gasteiger partial charge in [-0.1, -0.05) is 30.3 Å². The third-order valence-electron chi connectivity index (χ3n) is 4.94. The summed E-state index contributed by atoms with van der Waals surface area (Å²) in [6.45, 7) is 3.79. The Bertz CT molecular complexity index is 931. The number of methoxy groups -OCH3 is 1. The summed E-state index contributed by atoms with van der Waals surface area (Å²) in [5, 5.41) is 7.47. The molecule has 1 aliphatic heterocycles. The SMILES string of the molecule is COCCN1C[C@@H](n2cnc(-c3ccccc3)c2-c2cc(C)[nH]n2)CC1=O. The molecule has 7 heteroatoms. The van der Waals surface area contributed by atoms with Crippen LogP contribution in [0.15, 0.2) is 42.7 Å². The molecule has 7 nitrogen and oxygen atoms in total. The van der Waals surface area contributed by atoms with Gasteiger partial charge in [-0.25, -0.2) is 4.98 Å². The molecule has 2 aromatic heterocycles. The first-order valence-electron chi connectivity index (χ1n) is 9.08. The van der Waals surface area contributed by atoms with E-state index in [1.165, 1.54) is 0 Å². The molecule has 27 heavy (non-hydrogen) atoms. The fourth-order valence-electron chi connectivity index (χ4n) is 3.59. The van der Waals surface area contributed by atoms with Crippen LogP contribution >= 0.6 is 0 Å². The van der Waals surface area contributed by atoms with Crippen molar-refractivity contribution in [2.24, 2.45) is 0 Å². The van der Waals surface area contributed by atoms with E-state index in [2.05, 4.69) is 19.7 Å². The van der Waals surface area contributed by atoms with Gasteiger partial charge in [0.15, 0.2) is 0 Å². The van der Waals surface area contributed by atoms with Crippen molar-refractivity contribution in [3.63, 3.8) is 0 Å². The number of imidazole rings is 1. The fourth-order valence-corrected chi connectivity index (χ4v) is 3.59. The molecule has 0 bridgehead atoms. The molecule has 0 unspecified atom stereocenters. The highest BCUT2D eigenvalue weighted by molar-refractivity contribution is 5.80. The molecule has 1 atom stereocenters. The van der Waals surface area contributed by atoms with Crippen molar-refractivity contribution >= 4 is 5.91 Å². The molecule has 1 aromatic carbocycles. The van der Waals surface area contributed by atoms with Gasteiger partial charge < -0.3 is 14.2 Å². The average Bonchev–Trinajstić information content (AvgIpc) is 3.38. The van der Waals surface area contributed by atoms with Crippen molar-refractivity contribution in [2.45, 2.75) is 19.4 Å². The Morgan fingerprint density at radius 2 is 2.11 bits per heavy atom. The normalized spacial score (nSPS) is 17.0. The van der Waals surface area contributed by atoms with Gasteiger partial charge in [0.2, 0.25) is 5.91 Å². The molecule has 3 heterocycles. The van der Waals surface area contributed by atoms with Gasteiger partial charge in [-0.15, -0.1) is 0 Å². The van der Waals surface area contributed by atoms with E-state index in [4.69, 9.17) is 4.74 Å². The molecule has 1 N–H and O–H groups in total. The van der Waals surface area contributed by atoms with Crippen LogP contribution < -0.4 is 0 Å². The number of nitrogens with zero attached hydrogens (tertiary/aromatic N) is 4. The van der Waals surface area contributed by atoms with E-state index < -0.39 is 0 Å². The Morgan fingerprint density at radius 3 is 2.81 bits per heavy atom. The highest BCUT2D eigenvalue weighted by Crippen LogP contribution is 2.35. The van der Waals surface area contributed by atoms with Gasteiger partial charge in [0.25, 0.3) is 0 Å². The van der Waals surface area contributed by atoms with Crippen molar-refractivity contribution in [3.8, 4) is 22.6 Å². The number of ether oxygens (including phenoxy) is 1. The molecular weight excluding hydrogens is 342 g/mol. The first-order valence-corrected chi connectivity index (χ1v) is 9.08. The summed E-state index contributed by atoms with van der Waals surface area (Å²) < 4.78 is 7.22. The molecule has 0 saturated carbocycles. The van der Waals surface area contributed by atoms with Crippen LogP contribution in [0.25, 0.3) is 22.6 Å². The summed E-state index contributed by atoms with van der Waals surface area (Å²) >= 11 is 0. The molecule has 1 aliphatic rings. The third kappa shape index (κ3) is 3.38. The van der Waals surface area contributed by atoms with Crippen molar-refractivity contribution in [2.75, 3.05) is 26.8 Å². The summed E-state index contributed by atoms with van der Waals surface area (Å²) in [7, 11) is 1.65. The van der Waals surface area contributed by atoms with Crippen LogP contribution in [-0.4, -0.2) is 57.4 Å². The predicted octanol–water partition coefficient (Wildman–Crippen LogP) is 2.67. The number of likely N-dealkylation sites (tertiary alicyclic amines) is 1. The summed E-state index contributed by atoms with van der Waals surface area (Å²) in [6.07, 6.45) is 2.30. The molecule has 1 fully saturated rings. The number of benzene rings is 1. The minimum atomic E-state index is 0.0336. The number of carbonyl (C=O) groups is 1. The number of aromatic amines is 1. The second kappa shape index (κ2) is 7.36. The molecular formula is C20H23N5O2. The lowest BCUT2D eigenvalue weighted by Crippen LogP contribution is -2.29. The summed E-state index contributed by atoms with van der Waals surface area (Å²) in [5.41, 5.74) is 4.68. The number of nitrogens with one attached hydrogen (secondary N) is 1. The maximum Gasteiger partial charge on any atom is 0.224 e. The highest BCUT2D eigenvalue weighted by Gasteiger charge is 2.33. The first kappa shape index (κ1) is 17.5. The lowest BCUT2D eigenvalue weighted by molar-refractivity contribution is -0.128. The van der Waals surface area contributed by atoms with Crippen LogP contribution in [0.4, 0.5) is 0 Å². The molecule has 0 spiro atoms. The van der Waals surface area contributed by atoms with E-state index >= 15 is 0 Å². The largest absolute Gasteiger partial charge is 0.383 e. The average molecular weight is 365 g/mol. The van der Waals surface area contributed by atoms with Crippen LogP contribution in [0.1, 0.15) is 18.2 Å². The second-order valence-corrected chi connectivity index (χ2v) is 6.84. The van der Waals surface area contributed by atoms with Crippen molar-refractivity contribution in [3.05, 3.63) is 48.4 Å². The Morgan fingerprint density at radius 1 is 1.30 bits per heavy atom. The monoisotopic (exact) mass is 365 g/mol. The van der Waals surface area contributed by atoms with Gasteiger partial charge in [-0.05, 0) is 13.0 Å². The van der Waals surface area contributed by atoms with Crippen LogP contribution in [-0.2, 0) is 9.53 Å². The van der Waals surface area contributed by atoms with Crippen LogP contribution in [0, 0.1) is 6.92 Å². The minimum absolute atomic E-state index is 0.0336. The Labute approximate surface area is 158 Å². The number of hydrogen-bond acceptors (Lipinski definition) is 4. The van der Waals surface area contributed by atoms with Gasteiger partial charge in [-0.3, -0.25) is 9.89 Å².